The maximum Gasteiger partial charge on any atom is 0.422 e. The number of fused-ring (bicyclic) bond motifs is 1. The summed E-state index contributed by atoms with van der Waals surface area (Å²) in [5.41, 5.74) is -1.81. The van der Waals surface area contributed by atoms with Crippen LogP contribution in [0, 0.1) is 17.5 Å². The SMILES string of the molecule is O=c1[nH]c(OCC(F)(F)F)nn2c(-c3cc(F)c(F)c(F)c3)c(Br)nc12. The highest BCUT2D eigenvalue weighted by Crippen LogP contribution is 2.30. The average Bonchev–Trinajstić information content (AvgIpc) is 2.86. The maximum absolute atomic E-state index is 13.5. The summed E-state index contributed by atoms with van der Waals surface area (Å²) in [4.78, 5) is 17.7. The number of ether oxygens (including phenoxy) is 1. The number of hydrogen-bond donors (Lipinski definition) is 1. The Morgan fingerprint density at radius 2 is 1.81 bits per heavy atom. The Morgan fingerprint density at radius 3 is 2.38 bits per heavy atom. The number of hydrogen-bond acceptors (Lipinski definition) is 4. The molecule has 3 aromatic rings. The van der Waals surface area contributed by atoms with Crippen LogP contribution in [0.3, 0.4) is 0 Å². The Bertz CT molecular complexity index is 1040. The van der Waals surface area contributed by atoms with Crippen molar-refractivity contribution in [1.29, 1.82) is 0 Å². The summed E-state index contributed by atoms with van der Waals surface area (Å²) in [5.74, 6) is -4.74. The lowest BCUT2D eigenvalue weighted by atomic mass is 10.1. The molecule has 0 amide bonds. The number of nitrogens with one attached hydrogen (secondary N) is 1. The first-order chi connectivity index (χ1) is 12.1. The number of aromatic nitrogens is 4. The second kappa shape index (κ2) is 6.30. The van der Waals surface area contributed by atoms with E-state index in [0.717, 1.165) is 4.52 Å². The molecule has 1 aromatic carbocycles. The van der Waals surface area contributed by atoms with Crippen LogP contribution in [0.4, 0.5) is 26.3 Å². The molecule has 0 saturated heterocycles. The zero-order valence-electron chi connectivity index (χ0n) is 12.2. The minimum absolute atomic E-state index is 0.103. The summed E-state index contributed by atoms with van der Waals surface area (Å²) in [6.45, 7) is -1.73. The van der Waals surface area contributed by atoms with E-state index in [9.17, 15) is 31.1 Å². The van der Waals surface area contributed by atoms with Gasteiger partial charge in [0.05, 0.1) is 0 Å². The summed E-state index contributed by atoms with van der Waals surface area (Å²) in [5, 5.41) is 3.63. The Balaban J connectivity index is 2.18. The molecule has 13 heteroatoms. The topological polar surface area (TPSA) is 72.3 Å². The van der Waals surface area contributed by atoms with E-state index < -0.39 is 47.5 Å². The van der Waals surface area contributed by atoms with Gasteiger partial charge in [-0.25, -0.2) is 22.7 Å². The van der Waals surface area contributed by atoms with Crippen molar-refractivity contribution in [2.45, 2.75) is 6.18 Å². The summed E-state index contributed by atoms with van der Waals surface area (Å²) in [7, 11) is 0. The number of alkyl halides is 3. The average molecular weight is 443 g/mol. The van der Waals surface area contributed by atoms with Crippen LogP contribution in [0.15, 0.2) is 21.5 Å². The van der Waals surface area contributed by atoms with Crippen LogP contribution in [-0.2, 0) is 0 Å². The van der Waals surface area contributed by atoms with Crippen molar-refractivity contribution in [2.24, 2.45) is 0 Å². The Labute approximate surface area is 147 Å². The molecule has 0 bridgehead atoms. The van der Waals surface area contributed by atoms with Crippen LogP contribution < -0.4 is 10.3 Å². The first-order valence-corrected chi connectivity index (χ1v) is 7.39. The molecule has 138 valence electrons. The second-order valence-corrected chi connectivity index (χ2v) is 5.65. The molecule has 26 heavy (non-hydrogen) atoms. The third-order valence-corrected chi connectivity index (χ3v) is 3.61. The van der Waals surface area contributed by atoms with Gasteiger partial charge in [-0.1, -0.05) is 0 Å². The van der Waals surface area contributed by atoms with Gasteiger partial charge in [-0.15, -0.1) is 5.10 Å². The van der Waals surface area contributed by atoms with E-state index in [0.29, 0.717) is 12.1 Å². The van der Waals surface area contributed by atoms with Gasteiger partial charge < -0.3 is 4.74 Å². The van der Waals surface area contributed by atoms with Gasteiger partial charge in [0, 0.05) is 5.56 Å². The monoisotopic (exact) mass is 442 g/mol. The predicted octanol–water partition coefficient (Wildman–Crippen LogP) is 3.21. The number of nitrogens with zero attached hydrogens (tertiary/aromatic N) is 3. The minimum atomic E-state index is -4.69. The Kier molecular flexibility index (Phi) is 4.42. The van der Waals surface area contributed by atoms with E-state index in [2.05, 4.69) is 30.7 Å². The molecule has 3 rings (SSSR count). The van der Waals surface area contributed by atoms with Crippen LogP contribution >= 0.6 is 15.9 Å². The highest BCUT2D eigenvalue weighted by atomic mass is 79.9. The summed E-state index contributed by atoms with van der Waals surface area (Å²) in [6.07, 6.45) is -4.69. The predicted molar refractivity (Wildman–Crippen MR) is 78.2 cm³/mol. The van der Waals surface area contributed by atoms with Crippen molar-refractivity contribution in [3.8, 4) is 17.3 Å². The van der Waals surface area contributed by atoms with Gasteiger partial charge in [0.2, 0.25) is 5.65 Å². The lowest BCUT2D eigenvalue weighted by molar-refractivity contribution is -0.154. The van der Waals surface area contributed by atoms with Crippen molar-refractivity contribution in [1.82, 2.24) is 19.6 Å². The molecule has 0 radical (unpaired) electrons. The number of benzene rings is 1. The molecular formula is C13H5BrF6N4O2. The van der Waals surface area contributed by atoms with Gasteiger partial charge in [0.15, 0.2) is 24.1 Å². The zero-order valence-corrected chi connectivity index (χ0v) is 13.8. The van der Waals surface area contributed by atoms with Gasteiger partial charge in [-0.3, -0.25) is 9.78 Å². The Morgan fingerprint density at radius 1 is 1.19 bits per heavy atom. The number of rotatable bonds is 3. The number of halogens is 7. The molecule has 1 N–H and O–H groups in total. The number of aromatic amines is 1. The molecule has 0 saturated carbocycles. The van der Waals surface area contributed by atoms with E-state index in [1.165, 1.54) is 0 Å². The van der Waals surface area contributed by atoms with E-state index in [4.69, 9.17) is 0 Å². The normalized spacial score (nSPS) is 12.0. The fourth-order valence-corrected chi connectivity index (χ4v) is 2.61. The molecule has 0 unspecified atom stereocenters. The fourth-order valence-electron chi connectivity index (χ4n) is 2.05. The Hall–Kier alpha value is -2.57. The second-order valence-electron chi connectivity index (χ2n) is 4.90. The fraction of sp³-hybridized carbons (Fsp3) is 0.154. The standard InChI is InChI=1S/C13H5BrF6N4O2/c14-9-8(4-1-5(15)7(17)6(16)2-4)24-10(21-9)11(25)22-12(23-24)26-3-13(18,19)20/h1-2H,3H2,(H,22,23,25). The summed E-state index contributed by atoms with van der Waals surface area (Å²) in [6, 6.07) is 0.436. The van der Waals surface area contributed by atoms with Crippen molar-refractivity contribution < 1.29 is 31.1 Å². The van der Waals surface area contributed by atoms with E-state index in [1.807, 2.05) is 4.98 Å². The van der Waals surface area contributed by atoms with Gasteiger partial charge in [-0.05, 0) is 28.1 Å². The van der Waals surface area contributed by atoms with Gasteiger partial charge in [0.1, 0.15) is 10.3 Å². The molecule has 2 heterocycles. The minimum Gasteiger partial charge on any atom is -0.454 e. The van der Waals surface area contributed by atoms with E-state index >= 15 is 0 Å². The van der Waals surface area contributed by atoms with Crippen LogP contribution in [0.1, 0.15) is 0 Å². The van der Waals surface area contributed by atoms with E-state index in [-0.39, 0.29) is 15.9 Å². The maximum atomic E-state index is 13.5. The largest absolute Gasteiger partial charge is 0.454 e. The number of H-pyrrole nitrogens is 1. The van der Waals surface area contributed by atoms with Crippen molar-refractivity contribution in [3.63, 3.8) is 0 Å². The first-order valence-electron chi connectivity index (χ1n) is 6.60. The van der Waals surface area contributed by atoms with Crippen molar-refractivity contribution >= 4 is 21.6 Å². The van der Waals surface area contributed by atoms with Gasteiger partial charge in [0.25, 0.3) is 5.56 Å². The van der Waals surface area contributed by atoms with Crippen LogP contribution in [0.25, 0.3) is 16.9 Å². The highest BCUT2D eigenvalue weighted by Gasteiger charge is 2.29. The third-order valence-electron chi connectivity index (χ3n) is 3.06. The molecule has 0 fully saturated rings. The molecule has 2 aromatic heterocycles. The van der Waals surface area contributed by atoms with E-state index in [1.54, 1.807) is 0 Å². The molecular weight excluding hydrogens is 438 g/mol. The van der Waals surface area contributed by atoms with Gasteiger partial charge >= 0.3 is 12.2 Å². The first kappa shape index (κ1) is 18.2. The van der Waals surface area contributed by atoms with Crippen LogP contribution in [0.2, 0.25) is 0 Å². The van der Waals surface area contributed by atoms with Crippen LogP contribution in [-0.4, -0.2) is 32.4 Å². The van der Waals surface area contributed by atoms with Crippen molar-refractivity contribution in [2.75, 3.05) is 6.61 Å². The highest BCUT2D eigenvalue weighted by molar-refractivity contribution is 9.10. The molecule has 0 atom stereocenters. The molecule has 6 nitrogen and oxygen atoms in total. The molecule has 0 spiro atoms. The third kappa shape index (κ3) is 3.38. The van der Waals surface area contributed by atoms with Crippen LogP contribution in [0.5, 0.6) is 6.01 Å². The molecule has 0 aliphatic heterocycles. The zero-order chi connectivity index (χ0) is 19.2. The molecule has 0 aliphatic carbocycles. The summed E-state index contributed by atoms with van der Waals surface area (Å²) >= 11 is 2.96. The van der Waals surface area contributed by atoms with Crippen molar-refractivity contribution in [3.05, 3.63) is 44.5 Å². The molecule has 0 aliphatic rings. The van der Waals surface area contributed by atoms with Gasteiger partial charge in [-0.2, -0.15) is 13.2 Å². The lowest BCUT2D eigenvalue weighted by Crippen LogP contribution is -2.23. The summed E-state index contributed by atoms with van der Waals surface area (Å²) < 4.78 is 81.8. The lowest BCUT2D eigenvalue weighted by Gasteiger charge is -2.08. The smallest absolute Gasteiger partial charge is 0.422 e. The quantitative estimate of drug-likeness (QED) is 0.499. The number of imidazole rings is 1.